The van der Waals surface area contributed by atoms with Crippen molar-refractivity contribution >= 4 is 11.3 Å². The first-order chi connectivity index (χ1) is 8.71. The number of nitrogens with two attached hydrogens (primary N) is 1. The van der Waals surface area contributed by atoms with Crippen LogP contribution in [0.2, 0.25) is 0 Å². The summed E-state index contributed by atoms with van der Waals surface area (Å²) >= 11 is 1.56. The quantitative estimate of drug-likeness (QED) is 0.922. The van der Waals surface area contributed by atoms with E-state index in [-0.39, 0.29) is 0 Å². The van der Waals surface area contributed by atoms with Crippen LogP contribution in [0.15, 0.2) is 17.6 Å². The van der Waals surface area contributed by atoms with E-state index in [1.54, 1.807) is 31.1 Å². The van der Waals surface area contributed by atoms with Crippen LogP contribution in [0, 0.1) is 6.92 Å². The van der Waals surface area contributed by atoms with Crippen molar-refractivity contribution in [1.29, 1.82) is 0 Å². The zero-order chi connectivity index (χ0) is 13.1. The fourth-order valence-corrected chi connectivity index (χ4v) is 2.71. The van der Waals surface area contributed by atoms with Crippen LogP contribution >= 0.6 is 11.3 Å². The number of aromatic nitrogens is 1. The predicted molar refractivity (Wildman–Crippen MR) is 73.3 cm³/mol. The summed E-state index contributed by atoms with van der Waals surface area (Å²) in [4.78, 5) is 5.30. The van der Waals surface area contributed by atoms with Gasteiger partial charge in [-0.05, 0) is 24.6 Å². The van der Waals surface area contributed by atoms with E-state index in [9.17, 15) is 0 Å². The number of hydrogen-bond donors (Lipinski definition) is 1. The molecular weight excluding hydrogens is 248 g/mol. The summed E-state index contributed by atoms with van der Waals surface area (Å²) in [6.07, 6.45) is 0. The largest absolute Gasteiger partial charge is 0.496 e. The Balaban J connectivity index is 2.62. The van der Waals surface area contributed by atoms with Gasteiger partial charge in [-0.1, -0.05) is 0 Å². The van der Waals surface area contributed by atoms with Gasteiger partial charge in [0, 0.05) is 12.1 Å². The maximum atomic E-state index is 5.70. The maximum Gasteiger partial charge on any atom is 0.128 e. The van der Waals surface area contributed by atoms with Gasteiger partial charge in [0.1, 0.15) is 11.5 Å². The van der Waals surface area contributed by atoms with Crippen molar-refractivity contribution in [3.05, 3.63) is 28.9 Å². The molecule has 0 atom stereocenters. The van der Waals surface area contributed by atoms with E-state index >= 15 is 0 Å². The van der Waals surface area contributed by atoms with E-state index in [4.69, 9.17) is 15.2 Å². The molecule has 0 amide bonds. The van der Waals surface area contributed by atoms with Crippen LogP contribution in [-0.2, 0) is 6.54 Å². The molecule has 2 N–H and O–H groups in total. The zero-order valence-corrected chi connectivity index (χ0v) is 11.5. The molecule has 0 aliphatic heterocycles. The van der Waals surface area contributed by atoms with Gasteiger partial charge in [-0.15, -0.1) is 11.3 Å². The third kappa shape index (κ3) is 2.19. The van der Waals surface area contributed by atoms with Gasteiger partial charge in [0.2, 0.25) is 0 Å². The first-order valence-electron chi connectivity index (χ1n) is 5.56. The number of rotatable bonds is 4. The summed E-state index contributed by atoms with van der Waals surface area (Å²) in [7, 11) is 3.32. The molecule has 0 saturated heterocycles. The molecule has 0 fully saturated rings. The Morgan fingerprint density at radius 3 is 2.56 bits per heavy atom. The Hall–Kier alpha value is -1.59. The van der Waals surface area contributed by atoms with Crippen molar-refractivity contribution in [2.75, 3.05) is 14.2 Å². The third-order valence-corrected chi connectivity index (χ3v) is 3.70. The molecule has 96 valence electrons. The van der Waals surface area contributed by atoms with Crippen molar-refractivity contribution in [3.8, 4) is 21.9 Å². The minimum Gasteiger partial charge on any atom is -0.496 e. The highest BCUT2D eigenvalue weighted by atomic mass is 32.1. The van der Waals surface area contributed by atoms with Crippen molar-refractivity contribution in [2.24, 2.45) is 5.73 Å². The zero-order valence-electron chi connectivity index (χ0n) is 10.7. The van der Waals surface area contributed by atoms with Crippen LogP contribution < -0.4 is 15.2 Å². The highest BCUT2D eigenvalue weighted by molar-refractivity contribution is 7.13. The topological polar surface area (TPSA) is 57.4 Å². The molecular formula is C13H16N2O2S. The lowest BCUT2D eigenvalue weighted by Crippen LogP contribution is -1.99. The Bertz CT molecular complexity index is 552. The monoisotopic (exact) mass is 264 g/mol. The van der Waals surface area contributed by atoms with E-state index in [0.717, 1.165) is 33.2 Å². The molecule has 1 aromatic heterocycles. The lowest BCUT2D eigenvalue weighted by Gasteiger charge is -2.12. The van der Waals surface area contributed by atoms with Crippen molar-refractivity contribution in [3.63, 3.8) is 0 Å². The van der Waals surface area contributed by atoms with Gasteiger partial charge < -0.3 is 15.2 Å². The molecule has 5 heteroatoms. The molecule has 4 nitrogen and oxygen atoms in total. The number of aryl methyl sites for hydroxylation is 1. The second-order valence-corrected chi connectivity index (χ2v) is 4.71. The Morgan fingerprint density at radius 2 is 1.94 bits per heavy atom. The van der Waals surface area contributed by atoms with Crippen LogP contribution in [-0.4, -0.2) is 19.2 Å². The van der Waals surface area contributed by atoms with Gasteiger partial charge >= 0.3 is 0 Å². The molecule has 1 aromatic carbocycles. The Kier molecular flexibility index (Phi) is 3.84. The van der Waals surface area contributed by atoms with Crippen molar-refractivity contribution < 1.29 is 9.47 Å². The van der Waals surface area contributed by atoms with E-state index in [1.165, 1.54) is 0 Å². The highest BCUT2D eigenvalue weighted by Gasteiger charge is 2.15. The van der Waals surface area contributed by atoms with E-state index in [2.05, 4.69) is 4.98 Å². The second kappa shape index (κ2) is 5.37. The van der Waals surface area contributed by atoms with Crippen molar-refractivity contribution in [2.45, 2.75) is 13.5 Å². The van der Waals surface area contributed by atoms with Gasteiger partial charge in [-0.3, -0.25) is 0 Å². The Labute approximate surface area is 110 Å². The number of ether oxygens (including phenoxy) is 2. The van der Waals surface area contributed by atoms with E-state index < -0.39 is 0 Å². The van der Waals surface area contributed by atoms with Crippen LogP contribution in [0.3, 0.4) is 0 Å². The van der Waals surface area contributed by atoms with Crippen LogP contribution in [0.25, 0.3) is 10.4 Å². The van der Waals surface area contributed by atoms with E-state index in [0.29, 0.717) is 6.54 Å². The van der Waals surface area contributed by atoms with Gasteiger partial charge in [-0.2, -0.15) is 0 Å². The molecule has 2 rings (SSSR count). The van der Waals surface area contributed by atoms with Crippen LogP contribution in [0.5, 0.6) is 11.5 Å². The van der Waals surface area contributed by atoms with Gasteiger partial charge in [0.15, 0.2) is 0 Å². The predicted octanol–water partition coefficient (Wildman–Crippen LogP) is 2.59. The first-order valence-corrected chi connectivity index (χ1v) is 6.44. The van der Waals surface area contributed by atoms with Gasteiger partial charge in [0.05, 0.1) is 30.3 Å². The van der Waals surface area contributed by atoms with Crippen LogP contribution in [0.4, 0.5) is 0 Å². The molecule has 1 heterocycles. The summed E-state index contributed by atoms with van der Waals surface area (Å²) in [5.41, 5.74) is 10.4. The summed E-state index contributed by atoms with van der Waals surface area (Å²) in [6.45, 7) is 2.40. The molecule has 0 unspecified atom stereocenters. The average Bonchev–Trinajstić information content (AvgIpc) is 2.86. The number of methoxy groups -OCH3 is 2. The number of thiazole rings is 1. The summed E-state index contributed by atoms with van der Waals surface area (Å²) < 4.78 is 10.8. The SMILES string of the molecule is COc1cc(-c2scnc2CN)c(OC)cc1C. The number of benzene rings is 1. The fourth-order valence-electron chi connectivity index (χ4n) is 1.86. The number of nitrogens with zero attached hydrogens (tertiary/aromatic N) is 1. The normalized spacial score (nSPS) is 10.4. The Morgan fingerprint density at radius 1 is 1.22 bits per heavy atom. The molecule has 0 aliphatic carbocycles. The van der Waals surface area contributed by atoms with E-state index in [1.807, 2.05) is 19.1 Å². The average molecular weight is 264 g/mol. The molecule has 18 heavy (non-hydrogen) atoms. The molecule has 0 radical (unpaired) electrons. The minimum absolute atomic E-state index is 0.415. The maximum absolute atomic E-state index is 5.70. The standard InChI is InChI=1S/C13H16N2O2S/c1-8-4-12(17-3)9(5-11(8)16-2)13-10(6-14)15-7-18-13/h4-5,7H,6,14H2,1-3H3. The first kappa shape index (κ1) is 12.9. The molecule has 2 aromatic rings. The second-order valence-electron chi connectivity index (χ2n) is 3.85. The summed E-state index contributed by atoms with van der Waals surface area (Å²) in [5.74, 6) is 1.65. The fraction of sp³-hybridized carbons (Fsp3) is 0.308. The summed E-state index contributed by atoms with van der Waals surface area (Å²) in [6, 6.07) is 3.94. The molecule has 0 spiro atoms. The van der Waals surface area contributed by atoms with Gasteiger partial charge in [-0.25, -0.2) is 4.98 Å². The lowest BCUT2D eigenvalue weighted by molar-refractivity contribution is 0.402. The smallest absolute Gasteiger partial charge is 0.128 e. The van der Waals surface area contributed by atoms with Crippen molar-refractivity contribution in [1.82, 2.24) is 4.98 Å². The highest BCUT2D eigenvalue weighted by Crippen LogP contribution is 2.39. The van der Waals surface area contributed by atoms with Crippen LogP contribution in [0.1, 0.15) is 11.3 Å². The van der Waals surface area contributed by atoms with Gasteiger partial charge in [0.25, 0.3) is 0 Å². The summed E-state index contributed by atoms with van der Waals surface area (Å²) in [5, 5.41) is 0. The molecule has 0 aliphatic rings. The molecule has 0 saturated carbocycles. The lowest BCUT2D eigenvalue weighted by atomic mass is 10.1. The number of hydrogen-bond acceptors (Lipinski definition) is 5. The minimum atomic E-state index is 0.415. The molecule has 0 bridgehead atoms. The third-order valence-electron chi connectivity index (χ3n) is 2.80.